The van der Waals surface area contributed by atoms with Crippen molar-refractivity contribution in [1.82, 2.24) is 4.72 Å². The van der Waals surface area contributed by atoms with Gasteiger partial charge in [0.15, 0.2) is 9.84 Å². The van der Waals surface area contributed by atoms with Crippen molar-refractivity contribution in [3.8, 4) is 0 Å². The summed E-state index contributed by atoms with van der Waals surface area (Å²) in [5, 5.41) is 0.108. The van der Waals surface area contributed by atoms with E-state index in [0.29, 0.717) is 10.0 Å². The molecule has 5 nitrogen and oxygen atoms in total. The fourth-order valence-corrected chi connectivity index (χ4v) is 4.96. The summed E-state index contributed by atoms with van der Waals surface area (Å²) in [6.07, 6.45) is 1.11. The zero-order valence-electron chi connectivity index (χ0n) is 12.8. The maximum absolute atomic E-state index is 12.5. The molecule has 0 radical (unpaired) electrons. The SMILES string of the molecule is CC(NS(=O)(=O)c1ccc(Br)cc1Cl)c1ccc(S(C)(=O)=O)cc1. The topological polar surface area (TPSA) is 80.3 Å². The van der Waals surface area contributed by atoms with Crippen LogP contribution in [0.5, 0.6) is 0 Å². The lowest BCUT2D eigenvalue weighted by Gasteiger charge is -2.16. The predicted octanol–water partition coefficient (Wildman–Crippen LogP) is 3.55. The molecule has 0 aromatic heterocycles. The van der Waals surface area contributed by atoms with Gasteiger partial charge in [0.2, 0.25) is 10.0 Å². The van der Waals surface area contributed by atoms with Gasteiger partial charge in [0.25, 0.3) is 0 Å². The quantitative estimate of drug-likeness (QED) is 0.752. The molecule has 0 saturated carbocycles. The standard InChI is InChI=1S/C15H15BrClNO4S2/c1-10(11-3-6-13(7-4-11)23(2,19)20)18-24(21,22)15-8-5-12(16)9-14(15)17/h3-10,18H,1-2H3. The Balaban J connectivity index is 2.26. The second-order valence-corrected chi connectivity index (χ2v) is 10.3. The Morgan fingerprint density at radius 1 is 1.04 bits per heavy atom. The van der Waals surface area contributed by atoms with Crippen LogP contribution in [0, 0.1) is 0 Å². The van der Waals surface area contributed by atoms with Crippen LogP contribution >= 0.6 is 27.5 Å². The Hall–Kier alpha value is -0.930. The van der Waals surface area contributed by atoms with Gasteiger partial charge in [0, 0.05) is 16.8 Å². The number of halogens is 2. The third-order valence-corrected chi connectivity index (χ3v) is 6.97. The Labute approximate surface area is 155 Å². The van der Waals surface area contributed by atoms with Crippen molar-refractivity contribution in [3.63, 3.8) is 0 Å². The van der Waals surface area contributed by atoms with E-state index in [9.17, 15) is 16.8 Å². The van der Waals surface area contributed by atoms with Crippen LogP contribution in [-0.2, 0) is 19.9 Å². The van der Waals surface area contributed by atoms with Crippen LogP contribution in [-0.4, -0.2) is 23.1 Å². The van der Waals surface area contributed by atoms with Crippen molar-refractivity contribution in [2.45, 2.75) is 22.8 Å². The second kappa shape index (κ2) is 7.13. The van der Waals surface area contributed by atoms with Crippen molar-refractivity contribution in [2.24, 2.45) is 0 Å². The first kappa shape index (κ1) is 19.4. The summed E-state index contributed by atoms with van der Waals surface area (Å²) in [6, 6.07) is 9.99. The van der Waals surface area contributed by atoms with E-state index >= 15 is 0 Å². The first-order valence-corrected chi connectivity index (χ1v) is 11.3. The third-order valence-electron chi connectivity index (χ3n) is 3.32. The number of rotatable bonds is 5. The minimum absolute atomic E-state index is 0.0213. The first-order valence-electron chi connectivity index (χ1n) is 6.78. The van der Waals surface area contributed by atoms with E-state index in [0.717, 1.165) is 6.26 Å². The highest BCUT2D eigenvalue weighted by Gasteiger charge is 2.21. The average molecular weight is 453 g/mol. The highest BCUT2D eigenvalue weighted by Crippen LogP contribution is 2.26. The van der Waals surface area contributed by atoms with Crippen LogP contribution in [0.1, 0.15) is 18.5 Å². The maximum atomic E-state index is 12.5. The zero-order chi connectivity index (χ0) is 18.1. The van der Waals surface area contributed by atoms with E-state index in [1.807, 2.05) is 0 Å². The molecule has 2 aromatic carbocycles. The molecule has 1 N–H and O–H groups in total. The zero-order valence-corrected chi connectivity index (χ0v) is 16.8. The van der Waals surface area contributed by atoms with E-state index < -0.39 is 25.9 Å². The Bertz CT molecular complexity index is 957. The molecule has 0 heterocycles. The number of benzene rings is 2. The van der Waals surface area contributed by atoms with Gasteiger partial charge in [-0.2, -0.15) is 0 Å². The molecule has 0 aliphatic rings. The molecule has 0 spiro atoms. The smallest absolute Gasteiger partial charge is 0.224 e. The summed E-state index contributed by atoms with van der Waals surface area (Å²) in [4.78, 5) is 0.157. The largest absolute Gasteiger partial charge is 0.242 e. The molecule has 0 fully saturated rings. The molecule has 2 aromatic rings. The van der Waals surface area contributed by atoms with Gasteiger partial charge in [-0.25, -0.2) is 21.6 Å². The Kier molecular flexibility index (Phi) is 5.76. The maximum Gasteiger partial charge on any atom is 0.242 e. The van der Waals surface area contributed by atoms with Crippen LogP contribution in [0.2, 0.25) is 5.02 Å². The van der Waals surface area contributed by atoms with Gasteiger partial charge in [0.1, 0.15) is 4.90 Å². The molecule has 0 amide bonds. The Morgan fingerprint density at radius 3 is 2.12 bits per heavy atom. The van der Waals surface area contributed by atoms with Crippen molar-refractivity contribution in [3.05, 3.63) is 57.5 Å². The molecule has 0 aliphatic heterocycles. The number of sulfone groups is 1. The molecule has 9 heteroatoms. The fraction of sp³-hybridized carbons (Fsp3) is 0.200. The van der Waals surface area contributed by atoms with E-state index in [1.54, 1.807) is 25.1 Å². The molecule has 130 valence electrons. The summed E-state index contributed by atoms with van der Waals surface area (Å²) < 4.78 is 51.1. The minimum Gasteiger partial charge on any atom is -0.224 e. The highest BCUT2D eigenvalue weighted by atomic mass is 79.9. The summed E-state index contributed by atoms with van der Waals surface area (Å²) >= 11 is 9.22. The highest BCUT2D eigenvalue weighted by molar-refractivity contribution is 9.10. The molecule has 0 aliphatic carbocycles. The predicted molar refractivity (Wildman–Crippen MR) is 97.4 cm³/mol. The van der Waals surface area contributed by atoms with Gasteiger partial charge in [-0.15, -0.1) is 0 Å². The molecule has 2 rings (SSSR count). The van der Waals surface area contributed by atoms with E-state index in [-0.39, 0.29) is 14.8 Å². The van der Waals surface area contributed by atoms with Crippen molar-refractivity contribution in [2.75, 3.05) is 6.26 Å². The fourth-order valence-electron chi connectivity index (χ4n) is 2.06. The molecule has 0 saturated heterocycles. The summed E-state index contributed by atoms with van der Waals surface area (Å²) in [5.74, 6) is 0. The monoisotopic (exact) mass is 451 g/mol. The van der Waals surface area contributed by atoms with Crippen LogP contribution < -0.4 is 4.72 Å². The van der Waals surface area contributed by atoms with Gasteiger partial charge < -0.3 is 0 Å². The van der Waals surface area contributed by atoms with Crippen molar-refractivity contribution < 1.29 is 16.8 Å². The van der Waals surface area contributed by atoms with Crippen LogP contribution in [0.25, 0.3) is 0 Å². The first-order chi connectivity index (χ1) is 11.0. The summed E-state index contributed by atoms with van der Waals surface area (Å²) in [7, 11) is -7.11. The summed E-state index contributed by atoms with van der Waals surface area (Å²) in [6.45, 7) is 1.67. The van der Waals surface area contributed by atoms with Gasteiger partial charge in [-0.3, -0.25) is 0 Å². The lowest BCUT2D eigenvalue weighted by Crippen LogP contribution is -2.27. The van der Waals surface area contributed by atoms with Crippen LogP contribution in [0.3, 0.4) is 0 Å². The van der Waals surface area contributed by atoms with Crippen LogP contribution in [0.4, 0.5) is 0 Å². The number of nitrogens with one attached hydrogen (secondary N) is 1. The molecule has 1 unspecified atom stereocenters. The van der Waals surface area contributed by atoms with Crippen molar-refractivity contribution >= 4 is 47.4 Å². The average Bonchev–Trinajstić information content (AvgIpc) is 2.45. The molecular weight excluding hydrogens is 438 g/mol. The van der Waals surface area contributed by atoms with Gasteiger partial charge in [-0.1, -0.05) is 39.7 Å². The number of sulfonamides is 1. The normalized spacial score (nSPS) is 13.7. The van der Waals surface area contributed by atoms with Crippen LogP contribution in [0.15, 0.2) is 56.7 Å². The van der Waals surface area contributed by atoms with Gasteiger partial charge in [-0.05, 0) is 42.8 Å². The van der Waals surface area contributed by atoms with Gasteiger partial charge in [0.05, 0.1) is 9.92 Å². The van der Waals surface area contributed by atoms with E-state index in [1.165, 1.54) is 24.3 Å². The summed E-state index contributed by atoms with van der Waals surface area (Å²) in [5.41, 5.74) is 0.638. The molecule has 24 heavy (non-hydrogen) atoms. The number of hydrogen-bond acceptors (Lipinski definition) is 4. The number of hydrogen-bond donors (Lipinski definition) is 1. The van der Waals surface area contributed by atoms with E-state index in [4.69, 9.17) is 11.6 Å². The lowest BCUT2D eigenvalue weighted by molar-refractivity contribution is 0.566. The lowest BCUT2D eigenvalue weighted by atomic mass is 10.1. The molecular formula is C15H15BrClNO4S2. The Morgan fingerprint density at radius 2 is 1.62 bits per heavy atom. The second-order valence-electron chi connectivity index (χ2n) is 5.26. The third kappa shape index (κ3) is 4.58. The van der Waals surface area contributed by atoms with E-state index in [2.05, 4.69) is 20.7 Å². The minimum atomic E-state index is -3.81. The molecule has 1 atom stereocenters. The van der Waals surface area contributed by atoms with Gasteiger partial charge >= 0.3 is 0 Å². The van der Waals surface area contributed by atoms with Crippen molar-refractivity contribution in [1.29, 1.82) is 0 Å². The molecule has 0 bridgehead atoms.